The Morgan fingerprint density at radius 1 is 1.63 bits per heavy atom. The van der Waals surface area contributed by atoms with Crippen molar-refractivity contribution in [1.82, 2.24) is 9.88 Å². The molecule has 1 fully saturated rings. The summed E-state index contributed by atoms with van der Waals surface area (Å²) >= 11 is 0. The molecule has 0 amide bonds. The van der Waals surface area contributed by atoms with Crippen molar-refractivity contribution in [2.45, 2.75) is 6.42 Å². The number of pyridine rings is 1. The molecule has 0 saturated carbocycles. The zero-order chi connectivity index (χ0) is 14.0. The molecule has 0 spiro atoms. The molecular formula is C12H19N5O2. The zero-order valence-corrected chi connectivity index (χ0v) is 11.2. The smallest absolute Gasteiger partial charge is 0.311 e. The van der Waals surface area contributed by atoms with Crippen molar-refractivity contribution in [2.24, 2.45) is 5.92 Å². The lowest BCUT2D eigenvalue weighted by Crippen LogP contribution is -2.28. The zero-order valence-electron chi connectivity index (χ0n) is 11.2. The fraction of sp³-hybridized carbons (Fsp3) is 0.583. The van der Waals surface area contributed by atoms with Crippen molar-refractivity contribution in [3.8, 4) is 0 Å². The fourth-order valence-electron chi connectivity index (χ4n) is 2.48. The number of hydrogen-bond acceptors (Lipinski definition) is 6. The third-order valence-corrected chi connectivity index (χ3v) is 3.50. The summed E-state index contributed by atoms with van der Waals surface area (Å²) in [4.78, 5) is 18.6. The van der Waals surface area contributed by atoms with E-state index in [-0.39, 0.29) is 11.5 Å². The minimum absolute atomic E-state index is 0.0297. The topological polar surface area (TPSA) is 88.5 Å². The normalized spacial score (nSPS) is 19.6. The highest BCUT2D eigenvalue weighted by molar-refractivity contribution is 5.57. The Labute approximate surface area is 112 Å². The number of hydrogen-bond donors (Lipinski definition) is 1. The van der Waals surface area contributed by atoms with Gasteiger partial charge in [0, 0.05) is 26.2 Å². The van der Waals surface area contributed by atoms with Crippen molar-refractivity contribution >= 4 is 17.3 Å². The maximum Gasteiger partial charge on any atom is 0.311 e. The van der Waals surface area contributed by atoms with Crippen molar-refractivity contribution in [2.75, 3.05) is 44.4 Å². The first-order valence-corrected chi connectivity index (χ1v) is 6.28. The number of rotatable bonds is 4. The van der Waals surface area contributed by atoms with Crippen LogP contribution < -0.4 is 10.6 Å². The number of nitro groups is 1. The molecule has 2 heterocycles. The third-order valence-electron chi connectivity index (χ3n) is 3.50. The number of likely N-dealkylation sites (tertiary alicyclic amines) is 1. The summed E-state index contributed by atoms with van der Waals surface area (Å²) in [5, 5.41) is 10.7. The number of aromatic nitrogens is 1. The average molecular weight is 265 g/mol. The van der Waals surface area contributed by atoms with Gasteiger partial charge in [-0.25, -0.2) is 4.98 Å². The van der Waals surface area contributed by atoms with Gasteiger partial charge in [-0.3, -0.25) is 10.1 Å². The highest BCUT2D eigenvalue weighted by Crippen LogP contribution is 2.24. The lowest BCUT2D eigenvalue weighted by atomic mass is 10.1. The second-order valence-electron chi connectivity index (χ2n) is 5.13. The third kappa shape index (κ3) is 3.11. The van der Waals surface area contributed by atoms with E-state index in [1.54, 1.807) is 6.07 Å². The molecule has 2 rings (SSSR count). The summed E-state index contributed by atoms with van der Waals surface area (Å²) in [6, 6.07) is 3.06. The van der Waals surface area contributed by atoms with Gasteiger partial charge in [-0.2, -0.15) is 0 Å². The van der Waals surface area contributed by atoms with Crippen LogP contribution in [0.2, 0.25) is 0 Å². The Morgan fingerprint density at radius 2 is 2.37 bits per heavy atom. The van der Waals surface area contributed by atoms with E-state index in [9.17, 15) is 10.1 Å². The summed E-state index contributed by atoms with van der Waals surface area (Å²) in [7, 11) is 4.05. The standard InChI is InChI=1S/C12H19N5O2/c1-15-6-5-9(7-15)8-16(2)11-4-3-10(17(18)19)12(13)14-11/h3-4,9H,5-8H2,1-2H3,(H2,13,14). The van der Waals surface area contributed by atoms with Crippen molar-refractivity contribution < 1.29 is 4.92 Å². The predicted molar refractivity (Wildman–Crippen MR) is 74.2 cm³/mol. The minimum atomic E-state index is -0.516. The van der Waals surface area contributed by atoms with Crippen LogP contribution in [0.4, 0.5) is 17.3 Å². The van der Waals surface area contributed by atoms with Crippen LogP contribution in [0.5, 0.6) is 0 Å². The lowest BCUT2D eigenvalue weighted by Gasteiger charge is -2.22. The summed E-state index contributed by atoms with van der Waals surface area (Å²) in [6.45, 7) is 3.08. The fourth-order valence-corrected chi connectivity index (χ4v) is 2.48. The molecule has 7 heteroatoms. The Balaban J connectivity index is 2.05. The monoisotopic (exact) mass is 265 g/mol. The molecule has 1 aromatic heterocycles. The summed E-state index contributed by atoms with van der Waals surface area (Å²) in [6.07, 6.45) is 1.17. The minimum Gasteiger partial charge on any atom is -0.378 e. The van der Waals surface area contributed by atoms with E-state index >= 15 is 0 Å². The Morgan fingerprint density at radius 3 is 2.89 bits per heavy atom. The van der Waals surface area contributed by atoms with Crippen LogP contribution in [0.15, 0.2) is 12.1 Å². The molecule has 1 aliphatic heterocycles. The van der Waals surface area contributed by atoms with Gasteiger partial charge in [0.05, 0.1) is 4.92 Å². The molecule has 0 aromatic carbocycles. The molecule has 0 aliphatic carbocycles. The SMILES string of the molecule is CN1CCC(CN(C)c2ccc([N+](=O)[O-])c(N)n2)C1. The van der Waals surface area contributed by atoms with Gasteiger partial charge in [-0.1, -0.05) is 0 Å². The first-order valence-electron chi connectivity index (χ1n) is 6.28. The highest BCUT2D eigenvalue weighted by Gasteiger charge is 2.22. The molecule has 1 saturated heterocycles. The molecule has 1 unspecified atom stereocenters. The van der Waals surface area contributed by atoms with E-state index in [4.69, 9.17) is 5.73 Å². The van der Waals surface area contributed by atoms with Gasteiger partial charge in [-0.05, 0) is 32.0 Å². The molecule has 1 aliphatic rings. The second kappa shape index (κ2) is 5.40. The number of nitrogen functional groups attached to an aromatic ring is 1. The number of nitrogens with two attached hydrogens (primary N) is 1. The van der Waals surface area contributed by atoms with E-state index in [0.29, 0.717) is 11.7 Å². The summed E-state index contributed by atoms with van der Waals surface area (Å²) < 4.78 is 0. The highest BCUT2D eigenvalue weighted by atomic mass is 16.6. The quantitative estimate of drug-likeness (QED) is 0.644. The molecule has 1 atom stereocenters. The largest absolute Gasteiger partial charge is 0.378 e. The van der Waals surface area contributed by atoms with E-state index in [1.807, 2.05) is 11.9 Å². The van der Waals surface area contributed by atoms with Gasteiger partial charge in [0.15, 0.2) is 0 Å². The molecule has 104 valence electrons. The number of nitrogens with zero attached hydrogens (tertiary/aromatic N) is 4. The lowest BCUT2D eigenvalue weighted by molar-refractivity contribution is -0.384. The van der Waals surface area contributed by atoms with Crippen LogP contribution in [0.3, 0.4) is 0 Å². The summed E-state index contributed by atoms with van der Waals surface area (Å²) in [5.41, 5.74) is 5.46. The van der Waals surface area contributed by atoms with E-state index in [1.165, 1.54) is 12.5 Å². The molecule has 7 nitrogen and oxygen atoms in total. The van der Waals surface area contributed by atoms with Gasteiger partial charge in [0.2, 0.25) is 5.82 Å². The van der Waals surface area contributed by atoms with Gasteiger partial charge in [-0.15, -0.1) is 0 Å². The molecule has 0 radical (unpaired) electrons. The first kappa shape index (κ1) is 13.5. The Kier molecular flexibility index (Phi) is 3.84. The maximum atomic E-state index is 10.7. The molecule has 0 bridgehead atoms. The predicted octanol–water partition coefficient (Wildman–Crippen LogP) is 0.960. The van der Waals surface area contributed by atoms with Crippen molar-refractivity contribution in [1.29, 1.82) is 0 Å². The number of anilines is 2. The summed E-state index contributed by atoms with van der Waals surface area (Å²) in [5.74, 6) is 1.25. The van der Waals surface area contributed by atoms with Crippen LogP contribution in [-0.4, -0.2) is 48.5 Å². The van der Waals surface area contributed by atoms with Crippen molar-refractivity contribution in [3.63, 3.8) is 0 Å². The van der Waals surface area contributed by atoms with Gasteiger partial charge >= 0.3 is 5.69 Å². The maximum absolute atomic E-state index is 10.7. The first-order chi connectivity index (χ1) is 8.97. The van der Waals surface area contributed by atoms with Crippen LogP contribution in [0.1, 0.15) is 6.42 Å². The van der Waals surface area contributed by atoms with Crippen molar-refractivity contribution in [3.05, 3.63) is 22.2 Å². The van der Waals surface area contributed by atoms with E-state index in [2.05, 4.69) is 16.9 Å². The van der Waals surface area contributed by atoms with E-state index < -0.39 is 4.92 Å². The van der Waals surface area contributed by atoms with Crippen LogP contribution >= 0.6 is 0 Å². The van der Waals surface area contributed by atoms with Crippen LogP contribution in [0, 0.1) is 16.0 Å². The second-order valence-corrected chi connectivity index (χ2v) is 5.13. The molecular weight excluding hydrogens is 246 g/mol. The molecule has 2 N–H and O–H groups in total. The molecule has 19 heavy (non-hydrogen) atoms. The average Bonchev–Trinajstić information content (AvgIpc) is 2.74. The van der Waals surface area contributed by atoms with Gasteiger partial charge < -0.3 is 15.5 Å². The van der Waals surface area contributed by atoms with Crippen LogP contribution in [-0.2, 0) is 0 Å². The van der Waals surface area contributed by atoms with E-state index in [0.717, 1.165) is 19.6 Å². The van der Waals surface area contributed by atoms with Gasteiger partial charge in [0.1, 0.15) is 5.82 Å². The molecule has 1 aromatic rings. The Hall–Kier alpha value is -1.89. The van der Waals surface area contributed by atoms with Gasteiger partial charge in [0.25, 0.3) is 0 Å². The van der Waals surface area contributed by atoms with Crippen LogP contribution in [0.25, 0.3) is 0 Å². The Bertz CT molecular complexity index is 479.